The Bertz CT molecular complexity index is 271. The minimum atomic E-state index is -0.239. The third-order valence-corrected chi connectivity index (χ3v) is 2.05. The van der Waals surface area contributed by atoms with Crippen molar-refractivity contribution in [1.82, 2.24) is 0 Å². The molecule has 0 atom stereocenters. The minimum absolute atomic E-state index is 0.239. The lowest BCUT2D eigenvalue weighted by Gasteiger charge is -2.07. The zero-order valence-electron chi connectivity index (χ0n) is 8.14. The molecule has 0 heterocycles. The van der Waals surface area contributed by atoms with E-state index in [9.17, 15) is 4.39 Å². The normalized spacial score (nSPS) is 10.1. The summed E-state index contributed by atoms with van der Waals surface area (Å²) in [6, 6.07) is 4.71. The maximum absolute atomic E-state index is 12.8. The van der Waals surface area contributed by atoms with Crippen molar-refractivity contribution in [3.8, 4) is 5.75 Å². The first-order chi connectivity index (χ1) is 6.27. The van der Waals surface area contributed by atoms with Gasteiger partial charge in [0.05, 0.1) is 7.11 Å². The average molecular weight is 182 g/mol. The largest absolute Gasteiger partial charge is 0.496 e. The van der Waals surface area contributed by atoms with Crippen LogP contribution < -0.4 is 4.74 Å². The molecule has 0 amide bonds. The van der Waals surface area contributed by atoms with Crippen LogP contribution in [0.5, 0.6) is 5.75 Å². The molecule has 0 N–H and O–H groups in total. The molecule has 1 aromatic rings. The molecule has 0 radical (unpaired) electrons. The number of hydrogen-bond acceptors (Lipinski definition) is 1. The van der Waals surface area contributed by atoms with Gasteiger partial charge in [0.25, 0.3) is 0 Å². The monoisotopic (exact) mass is 182 g/mol. The van der Waals surface area contributed by atoms with E-state index in [1.807, 2.05) is 0 Å². The second-order valence-corrected chi connectivity index (χ2v) is 3.06. The molecule has 0 bridgehead atoms. The highest BCUT2D eigenvalue weighted by atomic mass is 19.1. The van der Waals surface area contributed by atoms with Gasteiger partial charge in [-0.1, -0.05) is 19.4 Å². The summed E-state index contributed by atoms with van der Waals surface area (Å²) in [6.07, 6.45) is 3.21. The molecule has 0 aliphatic carbocycles. The molecule has 0 saturated carbocycles. The maximum Gasteiger partial charge on any atom is 0.126 e. The van der Waals surface area contributed by atoms with Crippen LogP contribution in [0.1, 0.15) is 25.3 Å². The van der Waals surface area contributed by atoms with E-state index in [1.165, 1.54) is 12.1 Å². The molecule has 0 unspecified atom stereocenters. The Kier molecular flexibility index (Phi) is 3.74. The number of unbranched alkanes of at least 4 members (excludes halogenated alkanes) is 1. The molecule has 72 valence electrons. The summed E-state index contributed by atoms with van der Waals surface area (Å²) in [5.41, 5.74) is 1.09. The standard InChI is InChI=1S/C11H15FO/c1-3-4-5-9-6-7-10(12)8-11(9)13-2/h6-8H,3-5H2,1-2H3. The van der Waals surface area contributed by atoms with Crippen LogP contribution in [0.15, 0.2) is 18.2 Å². The number of ether oxygens (including phenoxy) is 1. The summed E-state index contributed by atoms with van der Waals surface area (Å²) in [6.45, 7) is 2.13. The Morgan fingerprint density at radius 1 is 1.38 bits per heavy atom. The highest BCUT2D eigenvalue weighted by Crippen LogP contribution is 2.21. The van der Waals surface area contributed by atoms with Crippen LogP contribution in [-0.4, -0.2) is 7.11 Å². The molecule has 1 nitrogen and oxygen atoms in total. The smallest absolute Gasteiger partial charge is 0.126 e. The fraction of sp³-hybridized carbons (Fsp3) is 0.455. The van der Waals surface area contributed by atoms with Crippen LogP contribution in [0.4, 0.5) is 4.39 Å². The lowest BCUT2D eigenvalue weighted by atomic mass is 10.1. The van der Waals surface area contributed by atoms with E-state index < -0.39 is 0 Å². The highest BCUT2D eigenvalue weighted by molar-refractivity contribution is 5.33. The number of benzene rings is 1. The third kappa shape index (κ3) is 2.72. The zero-order chi connectivity index (χ0) is 9.68. The van der Waals surface area contributed by atoms with E-state index in [0.29, 0.717) is 5.75 Å². The minimum Gasteiger partial charge on any atom is -0.496 e. The van der Waals surface area contributed by atoms with Crippen LogP contribution in [0.25, 0.3) is 0 Å². The topological polar surface area (TPSA) is 9.23 Å². The SMILES string of the molecule is CCCCc1ccc(F)cc1OC. The quantitative estimate of drug-likeness (QED) is 0.695. The fourth-order valence-corrected chi connectivity index (χ4v) is 1.29. The van der Waals surface area contributed by atoms with Gasteiger partial charge in [0.1, 0.15) is 11.6 Å². The molecule has 1 rings (SSSR count). The Labute approximate surface area is 78.5 Å². The Morgan fingerprint density at radius 3 is 2.77 bits per heavy atom. The first-order valence-electron chi connectivity index (χ1n) is 4.60. The molecule has 13 heavy (non-hydrogen) atoms. The number of aryl methyl sites for hydroxylation is 1. The van der Waals surface area contributed by atoms with Crippen molar-refractivity contribution < 1.29 is 9.13 Å². The first kappa shape index (κ1) is 10.0. The van der Waals surface area contributed by atoms with Gasteiger partial charge >= 0.3 is 0 Å². The highest BCUT2D eigenvalue weighted by Gasteiger charge is 2.03. The number of methoxy groups -OCH3 is 1. The van der Waals surface area contributed by atoms with Crippen molar-refractivity contribution in [3.05, 3.63) is 29.6 Å². The third-order valence-electron chi connectivity index (χ3n) is 2.05. The van der Waals surface area contributed by atoms with Crippen LogP contribution in [0.3, 0.4) is 0 Å². The van der Waals surface area contributed by atoms with Gasteiger partial charge in [-0.25, -0.2) is 4.39 Å². The van der Waals surface area contributed by atoms with Crippen molar-refractivity contribution in [3.63, 3.8) is 0 Å². The van der Waals surface area contributed by atoms with E-state index >= 15 is 0 Å². The molecule has 0 saturated heterocycles. The molecule has 0 aliphatic heterocycles. The lowest BCUT2D eigenvalue weighted by molar-refractivity contribution is 0.405. The summed E-state index contributed by atoms with van der Waals surface area (Å²) >= 11 is 0. The van der Waals surface area contributed by atoms with Crippen LogP contribution in [0, 0.1) is 5.82 Å². The van der Waals surface area contributed by atoms with E-state index in [1.54, 1.807) is 13.2 Å². The fourth-order valence-electron chi connectivity index (χ4n) is 1.29. The molecule has 1 aromatic carbocycles. The van der Waals surface area contributed by atoms with Crippen molar-refractivity contribution in [2.24, 2.45) is 0 Å². The zero-order valence-corrected chi connectivity index (χ0v) is 8.14. The van der Waals surface area contributed by atoms with E-state index in [4.69, 9.17) is 4.74 Å². The van der Waals surface area contributed by atoms with Crippen molar-refractivity contribution >= 4 is 0 Å². The number of hydrogen-bond donors (Lipinski definition) is 0. The summed E-state index contributed by atoms with van der Waals surface area (Å²) < 4.78 is 17.9. The molecule has 2 heteroatoms. The van der Waals surface area contributed by atoms with E-state index in [2.05, 4.69) is 6.92 Å². The van der Waals surface area contributed by atoms with E-state index in [0.717, 1.165) is 24.8 Å². The van der Waals surface area contributed by atoms with Crippen LogP contribution >= 0.6 is 0 Å². The summed E-state index contributed by atoms with van der Waals surface area (Å²) in [4.78, 5) is 0. The molecule has 0 aromatic heterocycles. The Morgan fingerprint density at radius 2 is 2.15 bits per heavy atom. The first-order valence-corrected chi connectivity index (χ1v) is 4.60. The maximum atomic E-state index is 12.8. The van der Waals surface area contributed by atoms with Gasteiger partial charge in [0.2, 0.25) is 0 Å². The number of halogens is 1. The predicted octanol–water partition coefficient (Wildman–Crippen LogP) is 3.18. The van der Waals surface area contributed by atoms with Gasteiger partial charge in [0, 0.05) is 6.07 Å². The van der Waals surface area contributed by atoms with Gasteiger partial charge in [0.15, 0.2) is 0 Å². The van der Waals surface area contributed by atoms with Gasteiger partial charge in [-0.2, -0.15) is 0 Å². The molecular weight excluding hydrogens is 167 g/mol. The lowest BCUT2D eigenvalue weighted by Crippen LogP contribution is -1.93. The Balaban J connectivity index is 2.79. The van der Waals surface area contributed by atoms with Gasteiger partial charge in [-0.15, -0.1) is 0 Å². The average Bonchev–Trinajstić information content (AvgIpc) is 2.16. The van der Waals surface area contributed by atoms with Crippen molar-refractivity contribution in [1.29, 1.82) is 0 Å². The summed E-state index contributed by atoms with van der Waals surface area (Å²) in [5.74, 6) is 0.422. The van der Waals surface area contributed by atoms with Gasteiger partial charge < -0.3 is 4.74 Å². The predicted molar refractivity (Wildman–Crippen MR) is 51.6 cm³/mol. The molecular formula is C11H15FO. The molecule has 0 aliphatic rings. The second-order valence-electron chi connectivity index (χ2n) is 3.06. The van der Waals surface area contributed by atoms with Crippen molar-refractivity contribution in [2.45, 2.75) is 26.2 Å². The van der Waals surface area contributed by atoms with Crippen molar-refractivity contribution in [2.75, 3.05) is 7.11 Å². The van der Waals surface area contributed by atoms with E-state index in [-0.39, 0.29) is 5.82 Å². The second kappa shape index (κ2) is 4.85. The summed E-state index contributed by atoms with van der Waals surface area (Å²) in [7, 11) is 1.57. The molecule has 0 fully saturated rings. The Hall–Kier alpha value is -1.05. The van der Waals surface area contributed by atoms with Crippen LogP contribution in [-0.2, 0) is 6.42 Å². The van der Waals surface area contributed by atoms with Gasteiger partial charge in [-0.05, 0) is 24.5 Å². The van der Waals surface area contributed by atoms with Gasteiger partial charge in [-0.3, -0.25) is 0 Å². The van der Waals surface area contributed by atoms with Crippen LogP contribution in [0.2, 0.25) is 0 Å². The number of rotatable bonds is 4. The summed E-state index contributed by atoms with van der Waals surface area (Å²) in [5, 5.41) is 0. The molecule has 0 spiro atoms.